The summed E-state index contributed by atoms with van der Waals surface area (Å²) < 4.78 is 7.32. The van der Waals surface area contributed by atoms with Gasteiger partial charge in [0, 0.05) is 49.8 Å². The molecule has 1 aliphatic heterocycles. The van der Waals surface area contributed by atoms with Gasteiger partial charge in [0.15, 0.2) is 0 Å². The summed E-state index contributed by atoms with van der Waals surface area (Å²) in [6.07, 6.45) is 5.42. The molecule has 28 heavy (non-hydrogen) atoms. The number of carbonyl (C=O) groups excluding carboxylic acids is 1. The fraction of sp³-hybridized carbons (Fsp3) is 0.273. The molecule has 1 saturated heterocycles. The minimum absolute atomic E-state index is 0.0587. The lowest BCUT2D eigenvalue weighted by Crippen LogP contribution is -2.35. The van der Waals surface area contributed by atoms with E-state index in [1.165, 1.54) is 5.56 Å². The van der Waals surface area contributed by atoms with Gasteiger partial charge in [0.25, 0.3) is 5.91 Å². The Morgan fingerprint density at radius 1 is 1.00 bits per heavy atom. The second-order valence-corrected chi connectivity index (χ2v) is 6.90. The van der Waals surface area contributed by atoms with Gasteiger partial charge in [0.2, 0.25) is 0 Å². The fourth-order valence-corrected chi connectivity index (χ4v) is 3.26. The van der Waals surface area contributed by atoms with E-state index >= 15 is 0 Å². The van der Waals surface area contributed by atoms with Gasteiger partial charge in [-0.1, -0.05) is 24.3 Å². The number of nitrogens with zero attached hydrogens (tertiary/aromatic N) is 3. The van der Waals surface area contributed by atoms with E-state index in [2.05, 4.69) is 15.2 Å². The molecule has 4 rings (SSSR count). The Labute approximate surface area is 164 Å². The highest BCUT2D eigenvalue weighted by Gasteiger charge is 2.11. The zero-order chi connectivity index (χ0) is 19.2. The minimum Gasteiger partial charge on any atom is -0.379 e. The molecule has 0 bridgehead atoms. The third kappa shape index (κ3) is 4.65. The van der Waals surface area contributed by atoms with Crippen LogP contribution < -0.4 is 5.32 Å². The van der Waals surface area contributed by atoms with E-state index in [4.69, 9.17) is 4.74 Å². The molecule has 0 saturated carbocycles. The van der Waals surface area contributed by atoms with Crippen LogP contribution in [0.2, 0.25) is 0 Å². The first-order valence-corrected chi connectivity index (χ1v) is 9.52. The third-order valence-corrected chi connectivity index (χ3v) is 4.92. The second kappa shape index (κ2) is 8.82. The maximum atomic E-state index is 12.4. The number of hydrogen-bond donors (Lipinski definition) is 1. The first-order valence-electron chi connectivity index (χ1n) is 9.52. The van der Waals surface area contributed by atoms with Crippen LogP contribution in [0.5, 0.6) is 0 Å². The van der Waals surface area contributed by atoms with Gasteiger partial charge >= 0.3 is 0 Å². The Bertz CT molecular complexity index is 883. The first-order chi connectivity index (χ1) is 13.8. The van der Waals surface area contributed by atoms with E-state index in [0.29, 0.717) is 12.1 Å². The molecule has 0 aliphatic carbocycles. The van der Waals surface area contributed by atoms with E-state index in [1.54, 1.807) is 12.5 Å². The SMILES string of the molecule is O=C(NCc1ccc(-n2ccnc2)cc1)c1ccc(CN2CCOCC2)cc1. The van der Waals surface area contributed by atoms with Crippen LogP contribution in [-0.2, 0) is 17.8 Å². The quantitative estimate of drug-likeness (QED) is 0.719. The summed E-state index contributed by atoms with van der Waals surface area (Å²) in [6.45, 7) is 4.91. The molecule has 6 heteroatoms. The van der Waals surface area contributed by atoms with E-state index in [-0.39, 0.29) is 5.91 Å². The van der Waals surface area contributed by atoms with Gasteiger partial charge in [-0.15, -0.1) is 0 Å². The average molecular weight is 376 g/mol. The number of benzene rings is 2. The summed E-state index contributed by atoms with van der Waals surface area (Å²) in [6, 6.07) is 15.9. The van der Waals surface area contributed by atoms with Crippen molar-refractivity contribution in [3.05, 3.63) is 83.9 Å². The van der Waals surface area contributed by atoms with Gasteiger partial charge in [-0.25, -0.2) is 4.98 Å². The molecular formula is C22H24N4O2. The lowest BCUT2D eigenvalue weighted by Gasteiger charge is -2.26. The monoisotopic (exact) mass is 376 g/mol. The number of aromatic nitrogens is 2. The highest BCUT2D eigenvalue weighted by Crippen LogP contribution is 2.11. The predicted octanol–water partition coefficient (Wildman–Crippen LogP) is 2.63. The maximum Gasteiger partial charge on any atom is 0.251 e. The van der Waals surface area contributed by atoms with E-state index in [0.717, 1.165) is 44.1 Å². The maximum absolute atomic E-state index is 12.4. The standard InChI is InChI=1S/C22H24N4O2/c27-22(20-5-1-19(2-6-20)16-25-11-13-28-14-12-25)24-15-18-3-7-21(8-4-18)26-10-9-23-17-26/h1-10,17H,11-16H2,(H,24,27). The zero-order valence-corrected chi connectivity index (χ0v) is 15.8. The lowest BCUT2D eigenvalue weighted by molar-refractivity contribution is 0.0342. The molecule has 2 heterocycles. The van der Waals surface area contributed by atoms with Crippen LogP contribution in [0.4, 0.5) is 0 Å². The minimum atomic E-state index is -0.0587. The average Bonchev–Trinajstić information content (AvgIpc) is 3.29. The third-order valence-electron chi connectivity index (χ3n) is 4.92. The van der Waals surface area contributed by atoms with Crippen molar-refractivity contribution in [2.45, 2.75) is 13.1 Å². The largest absolute Gasteiger partial charge is 0.379 e. The number of imidazole rings is 1. The molecule has 1 fully saturated rings. The highest BCUT2D eigenvalue weighted by molar-refractivity contribution is 5.94. The number of ether oxygens (including phenoxy) is 1. The van der Waals surface area contributed by atoms with Crippen LogP contribution in [0, 0.1) is 0 Å². The molecular weight excluding hydrogens is 352 g/mol. The van der Waals surface area contributed by atoms with Crippen molar-refractivity contribution in [2.75, 3.05) is 26.3 Å². The number of amides is 1. The number of rotatable bonds is 6. The molecule has 6 nitrogen and oxygen atoms in total. The molecule has 0 unspecified atom stereocenters. The van der Waals surface area contributed by atoms with Crippen LogP contribution in [0.3, 0.4) is 0 Å². The normalized spacial score (nSPS) is 14.7. The molecule has 0 atom stereocenters. The summed E-state index contributed by atoms with van der Waals surface area (Å²) in [5.74, 6) is -0.0587. The van der Waals surface area contributed by atoms with Crippen molar-refractivity contribution in [3.63, 3.8) is 0 Å². The molecule has 1 amide bonds. The van der Waals surface area contributed by atoms with Gasteiger partial charge < -0.3 is 14.6 Å². The summed E-state index contributed by atoms with van der Waals surface area (Å²) in [7, 11) is 0. The summed E-state index contributed by atoms with van der Waals surface area (Å²) in [5.41, 5.74) is 4.00. The number of carbonyl (C=O) groups is 1. The predicted molar refractivity (Wildman–Crippen MR) is 107 cm³/mol. The number of morpholine rings is 1. The lowest BCUT2D eigenvalue weighted by atomic mass is 10.1. The van der Waals surface area contributed by atoms with Gasteiger partial charge in [0.05, 0.1) is 19.5 Å². The molecule has 0 radical (unpaired) electrons. The molecule has 1 N–H and O–H groups in total. The van der Waals surface area contributed by atoms with E-state index < -0.39 is 0 Å². The van der Waals surface area contributed by atoms with Gasteiger partial charge in [-0.3, -0.25) is 9.69 Å². The zero-order valence-electron chi connectivity index (χ0n) is 15.8. The second-order valence-electron chi connectivity index (χ2n) is 6.90. The van der Waals surface area contributed by atoms with Crippen molar-refractivity contribution in [1.82, 2.24) is 19.8 Å². The summed E-state index contributed by atoms with van der Waals surface area (Å²) >= 11 is 0. The van der Waals surface area contributed by atoms with Crippen molar-refractivity contribution in [2.24, 2.45) is 0 Å². The van der Waals surface area contributed by atoms with Crippen molar-refractivity contribution >= 4 is 5.91 Å². The van der Waals surface area contributed by atoms with Crippen LogP contribution >= 0.6 is 0 Å². The Morgan fingerprint density at radius 2 is 1.71 bits per heavy atom. The molecule has 3 aromatic rings. The number of hydrogen-bond acceptors (Lipinski definition) is 4. The van der Waals surface area contributed by atoms with Gasteiger partial charge in [0.1, 0.15) is 0 Å². The van der Waals surface area contributed by atoms with Crippen LogP contribution in [0.1, 0.15) is 21.5 Å². The van der Waals surface area contributed by atoms with Crippen molar-refractivity contribution < 1.29 is 9.53 Å². The van der Waals surface area contributed by atoms with Gasteiger partial charge in [-0.2, -0.15) is 0 Å². The van der Waals surface area contributed by atoms with Crippen LogP contribution in [-0.4, -0.2) is 46.7 Å². The molecule has 1 aromatic heterocycles. The molecule has 1 aliphatic rings. The molecule has 2 aromatic carbocycles. The smallest absolute Gasteiger partial charge is 0.251 e. The fourth-order valence-electron chi connectivity index (χ4n) is 3.26. The Kier molecular flexibility index (Phi) is 5.80. The van der Waals surface area contributed by atoms with Gasteiger partial charge in [-0.05, 0) is 35.4 Å². The van der Waals surface area contributed by atoms with E-state index in [1.807, 2.05) is 59.3 Å². The topological polar surface area (TPSA) is 59.4 Å². The Balaban J connectivity index is 1.29. The van der Waals surface area contributed by atoms with Crippen molar-refractivity contribution in [1.29, 1.82) is 0 Å². The number of nitrogens with one attached hydrogen (secondary N) is 1. The summed E-state index contributed by atoms with van der Waals surface area (Å²) in [5, 5.41) is 2.99. The first kappa shape index (κ1) is 18.4. The molecule has 0 spiro atoms. The molecule has 144 valence electrons. The summed E-state index contributed by atoms with van der Waals surface area (Å²) in [4.78, 5) is 18.8. The van der Waals surface area contributed by atoms with E-state index in [9.17, 15) is 4.79 Å². The van der Waals surface area contributed by atoms with Crippen LogP contribution in [0.15, 0.2) is 67.3 Å². The Morgan fingerprint density at radius 3 is 2.39 bits per heavy atom. The highest BCUT2D eigenvalue weighted by atomic mass is 16.5. The Hall–Kier alpha value is -2.96. The van der Waals surface area contributed by atoms with Crippen molar-refractivity contribution in [3.8, 4) is 5.69 Å². The van der Waals surface area contributed by atoms with Crippen LogP contribution in [0.25, 0.3) is 5.69 Å².